The van der Waals surface area contributed by atoms with Crippen LogP contribution in [0.2, 0.25) is 0 Å². The van der Waals surface area contributed by atoms with Crippen molar-refractivity contribution in [1.82, 2.24) is 0 Å². The molecule has 0 saturated carbocycles. The fourth-order valence-electron chi connectivity index (χ4n) is 7.18. The number of carbonyl (C=O) groups is 4. The Kier molecular flexibility index (Phi) is 6.32. The molecule has 0 unspecified atom stereocenters. The summed E-state index contributed by atoms with van der Waals surface area (Å²) in [6.45, 7) is 2.89. The van der Waals surface area contributed by atoms with Gasteiger partial charge in [0.15, 0.2) is 11.6 Å². The third kappa shape index (κ3) is 4.13. The van der Waals surface area contributed by atoms with Crippen LogP contribution in [-0.4, -0.2) is 54.8 Å². The largest absolute Gasteiger partial charge is 0.508 e. The van der Waals surface area contributed by atoms with Gasteiger partial charge in [-0.05, 0) is 76.7 Å². The summed E-state index contributed by atoms with van der Waals surface area (Å²) in [6.07, 6.45) is 3.85. The number of carbonyl (C=O) groups excluding carboxylic acids is 4. The number of anilines is 2. The molecule has 1 N–H and O–H groups in total. The third-order valence-corrected chi connectivity index (χ3v) is 9.61. The number of allylic oxidation sites excluding steroid dienone is 6. The number of phenolic OH excluding ortho intramolecular Hbond substituents is 1. The molecule has 2 aromatic rings. The number of amides is 2. The number of hydrogen-bond donors (Lipinski definition) is 1. The summed E-state index contributed by atoms with van der Waals surface area (Å²) in [6, 6.07) is 14.2. The average Bonchev–Trinajstić information content (AvgIpc) is 3.25. The minimum Gasteiger partial charge on any atom is -0.508 e. The number of nitrogens with zero attached hydrogens (tertiary/aromatic N) is 2. The summed E-state index contributed by atoms with van der Waals surface area (Å²) < 4.78 is 5.63. The van der Waals surface area contributed by atoms with Gasteiger partial charge < -0.3 is 14.7 Å². The van der Waals surface area contributed by atoms with Crippen LogP contribution in [0.1, 0.15) is 24.3 Å². The van der Waals surface area contributed by atoms with Crippen molar-refractivity contribution in [3.8, 4) is 5.75 Å². The predicted molar refractivity (Wildman–Crippen MR) is 155 cm³/mol. The van der Waals surface area contributed by atoms with Crippen molar-refractivity contribution >= 4 is 50.7 Å². The van der Waals surface area contributed by atoms with E-state index >= 15 is 0 Å². The van der Waals surface area contributed by atoms with Gasteiger partial charge >= 0.3 is 0 Å². The maximum absolute atomic E-state index is 14.1. The van der Waals surface area contributed by atoms with E-state index in [9.17, 15) is 24.3 Å². The number of phenols is 1. The lowest BCUT2D eigenvalue weighted by atomic mass is 9.59. The quantitative estimate of drug-likeness (QED) is 0.314. The predicted octanol–water partition coefficient (Wildman–Crippen LogP) is 4.20. The van der Waals surface area contributed by atoms with Crippen LogP contribution in [0.5, 0.6) is 5.75 Å². The zero-order chi connectivity index (χ0) is 28.4. The second kappa shape index (κ2) is 9.92. The van der Waals surface area contributed by atoms with Crippen LogP contribution < -0.4 is 9.80 Å². The lowest BCUT2D eigenvalue weighted by molar-refractivity contribution is -0.123. The first kappa shape index (κ1) is 26.1. The summed E-state index contributed by atoms with van der Waals surface area (Å²) in [7, 11) is 0. The van der Waals surface area contributed by atoms with Crippen LogP contribution in [0.4, 0.5) is 11.4 Å². The molecule has 208 valence electrons. The standard InChI is InChI=1S/C32H27BrN2O6/c33-25-16-26(37)29-24(30(25)38)15-23-21(27(29)17-2-1-3-20(36)14-17)8-9-22-28(23)32(40)35(31(22)39)19-6-4-18(5-7-19)34-10-12-41-13-11-34/h1-8,14,16,22-23,27-28,36H,9-13,15H2/t22-,23+,27-,28-/m0/s1. The minimum atomic E-state index is -0.650. The van der Waals surface area contributed by atoms with Crippen molar-refractivity contribution in [3.05, 3.63) is 87.4 Å². The Morgan fingerprint density at radius 1 is 0.902 bits per heavy atom. The number of benzene rings is 2. The normalized spacial score (nSPS) is 27.8. The molecule has 41 heavy (non-hydrogen) atoms. The van der Waals surface area contributed by atoms with Crippen molar-refractivity contribution in [2.75, 3.05) is 36.1 Å². The van der Waals surface area contributed by atoms with Crippen molar-refractivity contribution in [3.63, 3.8) is 0 Å². The van der Waals surface area contributed by atoms with Gasteiger partial charge in [-0.25, -0.2) is 0 Å². The van der Waals surface area contributed by atoms with Crippen molar-refractivity contribution in [2.24, 2.45) is 17.8 Å². The van der Waals surface area contributed by atoms with Gasteiger partial charge in [-0.3, -0.25) is 24.1 Å². The number of hydrogen-bond acceptors (Lipinski definition) is 7. The van der Waals surface area contributed by atoms with E-state index in [2.05, 4.69) is 20.8 Å². The summed E-state index contributed by atoms with van der Waals surface area (Å²) >= 11 is 3.25. The van der Waals surface area contributed by atoms with Crippen LogP contribution in [0, 0.1) is 17.8 Å². The lowest BCUT2D eigenvalue weighted by Crippen LogP contribution is -2.39. The van der Waals surface area contributed by atoms with Crippen LogP contribution in [-0.2, 0) is 23.9 Å². The van der Waals surface area contributed by atoms with E-state index in [0.29, 0.717) is 42.0 Å². The van der Waals surface area contributed by atoms with Gasteiger partial charge in [0.25, 0.3) is 0 Å². The van der Waals surface area contributed by atoms with Gasteiger partial charge in [0.05, 0.1) is 35.2 Å². The minimum absolute atomic E-state index is 0.0474. The molecule has 9 heteroatoms. The van der Waals surface area contributed by atoms with Gasteiger partial charge in [-0.1, -0.05) is 23.8 Å². The molecule has 0 radical (unpaired) electrons. The van der Waals surface area contributed by atoms with Gasteiger partial charge in [-0.15, -0.1) is 0 Å². The van der Waals surface area contributed by atoms with E-state index in [1.54, 1.807) is 18.2 Å². The Morgan fingerprint density at radius 3 is 2.37 bits per heavy atom. The van der Waals surface area contributed by atoms with Crippen LogP contribution in [0.3, 0.4) is 0 Å². The molecule has 4 atom stereocenters. The number of ketones is 2. The number of Topliss-reactive ketones (excluding diaryl/α,β-unsaturated/α-hetero) is 1. The Balaban J connectivity index is 1.26. The molecule has 0 aromatic heterocycles. The van der Waals surface area contributed by atoms with E-state index in [0.717, 1.165) is 24.4 Å². The monoisotopic (exact) mass is 614 g/mol. The first-order chi connectivity index (χ1) is 19.8. The average molecular weight is 615 g/mol. The fourth-order valence-corrected chi connectivity index (χ4v) is 7.63. The van der Waals surface area contributed by atoms with Crippen LogP contribution >= 0.6 is 15.9 Å². The number of fused-ring (bicyclic) bond motifs is 3. The Bertz CT molecular complexity index is 1600. The van der Waals surface area contributed by atoms with Crippen molar-refractivity contribution in [2.45, 2.75) is 18.8 Å². The highest BCUT2D eigenvalue weighted by Gasteiger charge is 2.56. The highest BCUT2D eigenvalue weighted by molar-refractivity contribution is 9.12. The molecule has 7 rings (SSSR count). The summed E-state index contributed by atoms with van der Waals surface area (Å²) in [4.78, 5) is 58.0. The number of aromatic hydroxyl groups is 1. The third-order valence-electron chi connectivity index (χ3n) is 9.02. The second-order valence-corrected chi connectivity index (χ2v) is 12.0. The number of ether oxygens (including phenoxy) is 1. The molecule has 2 heterocycles. The fraction of sp³-hybridized carbons (Fsp3) is 0.312. The molecule has 3 aliphatic carbocycles. The van der Waals surface area contributed by atoms with Gasteiger partial charge in [0, 0.05) is 41.9 Å². The molecule has 0 bridgehead atoms. The molecular weight excluding hydrogens is 588 g/mol. The van der Waals surface area contributed by atoms with Gasteiger partial charge in [0.2, 0.25) is 11.8 Å². The van der Waals surface area contributed by atoms with Gasteiger partial charge in [0.1, 0.15) is 5.75 Å². The summed E-state index contributed by atoms with van der Waals surface area (Å²) in [5.41, 5.74) is 3.83. The summed E-state index contributed by atoms with van der Waals surface area (Å²) in [5, 5.41) is 10.3. The van der Waals surface area contributed by atoms with Crippen molar-refractivity contribution in [1.29, 1.82) is 0 Å². The number of halogens is 1. The van der Waals surface area contributed by atoms with E-state index in [4.69, 9.17) is 4.74 Å². The molecule has 0 spiro atoms. The molecule has 2 fully saturated rings. The molecule has 2 aromatic carbocycles. The Labute approximate surface area is 245 Å². The number of morpholine rings is 1. The maximum atomic E-state index is 14.1. The highest BCUT2D eigenvalue weighted by atomic mass is 79.9. The first-order valence-electron chi connectivity index (χ1n) is 13.8. The maximum Gasteiger partial charge on any atom is 0.238 e. The molecular formula is C32H27BrN2O6. The SMILES string of the molecule is O=C1C=C(Br)C(=O)C2=C1[C@@H](c1cccc(O)c1)C1=CC[C@@H]3C(=O)N(c4ccc(N5CCOCC5)cc4)C(=O)[C@@H]3[C@@H]1C2. The van der Waals surface area contributed by atoms with E-state index < -0.39 is 23.7 Å². The Hall–Kier alpha value is -3.82. The number of rotatable bonds is 3. The molecule has 2 aliphatic heterocycles. The van der Waals surface area contributed by atoms with E-state index in [-0.39, 0.29) is 40.0 Å². The van der Waals surface area contributed by atoms with E-state index in [1.165, 1.54) is 11.0 Å². The first-order valence-corrected chi connectivity index (χ1v) is 14.6. The second-order valence-electron chi connectivity index (χ2n) is 11.1. The van der Waals surface area contributed by atoms with Gasteiger partial charge in [-0.2, -0.15) is 0 Å². The zero-order valence-electron chi connectivity index (χ0n) is 22.1. The zero-order valence-corrected chi connectivity index (χ0v) is 23.7. The lowest BCUT2D eigenvalue weighted by Gasteiger charge is -2.42. The summed E-state index contributed by atoms with van der Waals surface area (Å²) in [5.74, 6) is -3.23. The van der Waals surface area contributed by atoms with Crippen LogP contribution in [0.15, 0.2) is 81.9 Å². The molecule has 2 amide bonds. The van der Waals surface area contributed by atoms with Crippen LogP contribution in [0.25, 0.3) is 0 Å². The highest BCUT2D eigenvalue weighted by Crippen LogP contribution is 2.55. The molecule has 2 saturated heterocycles. The molecule has 8 nitrogen and oxygen atoms in total. The number of imide groups is 1. The van der Waals surface area contributed by atoms with Crippen molar-refractivity contribution < 1.29 is 29.0 Å². The Morgan fingerprint density at radius 2 is 1.63 bits per heavy atom. The van der Waals surface area contributed by atoms with E-state index in [1.807, 2.05) is 36.4 Å². The smallest absolute Gasteiger partial charge is 0.238 e. The molecule has 5 aliphatic rings. The topological polar surface area (TPSA) is 104 Å².